The smallest absolute Gasteiger partial charge is 0.335 e. The number of ether oxygens (including phenoxy) is 5. The zero-order valence-electron chi connectivity index (χ0n) is 20.0. The van der Waals surface area contributed by atoms with E-state index < -0.39 is 110 Å². The van der Waals surface area contributed by atoms with Crippen molar-refractivity contribution in [2.24, 2.45) is 5.41 Å². The molecule has 36 heavy (non-hydrogen) atoms. The Kier molecular flexibility index (Phi) is 9.31. The molecular weight excluding hydrogens is 492 g/mol. The molecule has 3 fully saturated rings. The number of rotatable bonds is 6. The fourth-order valence-corrected chi connectivity index (χ4v) is 4.45. The van der Waals surface area contributed by atoms with Crippen LogP contribution in [0.4, 0.5) is 0 Å². The Labute approximate surface area is 206 Å². The molecule has 15 nitrogen and oxygen atoms in total. The van der Waals surface area contributed by atoms with Gasteiger partial charge in [-0.2, -0.15) is 0 Å². The fraction of sp³-hybridized carbons (Fsp3) is 0.952. The number of aliphatic hydroxyl groups is 8. The number of hydrogen-bond donors (Lipinski definition) is 9. The van der Waals surface area contributed by atoms with Crippen LogP contribution in [0.3, 0.4) is 0 Å². The minimum Gasteiger partial charge on any atom is -0.479 e. The van der Waals surface area contributed by atoms with E-state index >= 15 is 0 Å². The Balaban J connectivity index is 1.96. The van der Waals surface area contributed by atoms with Crippen molar-refractivity contribution in [1.29, 1.82) is 0 Å². The van der Waals surface area contributed by atoms with E-state index in [1.54, 1.807) is 20.8 Å². The van der Waals surface area contributed by atoms with Crippen molar-refractivity contribution >= 4 is 5.97 Å². The number of aliphatic carboxylic acids is 1. The van der Waals surface area contributed by atoms with Gasteiger partial charge in [0.05, 0.1) is 19.3 Å². The van der Waals surface area contributed by atoms with Gasteiger partial charge in [-0.3, -0.25) is 0 Å². The van der Waals surface area contributed by atoms with Gasteiger partial charge in [0.2, 0.25) is 0 Å². The molecule has 15 heteroatoms. The zero-order valence-corrected chi connectivity index (χ0v) is 20.0. The molecule has 3 saturated heterocycles. The molecule has 3 rings (SSSR count). The van der Waals surface area contributed by atoms with Gasteiger partial charge in [-0.25, -0.2) is 4.79 Å². The summed E-state index contributed by atoms with van der Waals surface area (Å²) in [4.78, 5) is 11.9. The van der Waals surface area contributed by atoms with E-state index in [4.69, 9.17) is 23.7 Å². The van der Waals surface area contributed by atoms with Crippen LogP contribution in [0.2, 0.25) is 0 Å². The highest BCUT2D eigenvalue weighted by Gasteiger charge is 2.56. The largest absolute Gasteiger partial charge is 0.479 e. The van der Waals surface area contributed by atoms with Gasteiger partial charge in [-0.1, -0.05) is 20.8 Å². The quantitative estimate of drug-likeness (QED) is 0.157. The molecule has 0 aromatic rings. The summed E-state index contributed by atoms with van der Waals surface area (Å²) in [5.74, 6) is -1.53. The minimum atomic E-state index is -1.92. The maximum absolute atomic E-state index is 11.9. The molecule has 14 atom stereocenters. The molecule has 0 bridgehead atoms. The second kappa shape index (κ2) is 11.4. The Bertz CT molecular complexity index is 743. The van der Waals surface area contributed by atoms with Gasteiger partial charge in [0.1, 0.15) is 61.0 Å². The van der Waals surface area contributed by atoms with Gasteiger partial charge in [0.25, 0.3) is 0 Å². The first-order valence-corrected chi connectivity index (χ1v) is 11.5. The molecule has 210 valence electrons. The zero-order chi connectivity index (χ0) is 27.1. The monoisotopic (exact) mass is 528 g/mol. The standard InChI is InChI=1S/C21H36O15/c1-21(2,3)17-16(36-20-12(28)10(26)9(25)7(4-22)33-20)14(13(29)15(34-17)18(30)31)35-19-11(27)8(24)6(23)5-32-19/h6-17,19-20,22-29H,4-5H2,1-3H3,(H,30,31)/t6-,7?,8-,9-,10+,11?,12?,13+,14+,15?,16?,17-,19+,20+/m1/s1. The van der Waals surface area contributed by atoms with E-state index in [1.165, 1.54) is 0 Å². The predicted molar refractivity (Wildman–Crippen MR) is 113 cm³/mol. The SMILES string of the molecule is CC(C)(C)[C@@H]1OC(C(=O)O)[C@@H](O)[C@H](O[C@@H]2OC[C@@H](O)[C@@H](O)C2O)C1O[C@@H]1OC(CO)[C@@H](O)[C@H](O)C1O. The summed E-state index contributed by atoms with van der Waals surface area (Å²) in [5.41, 5.74) is -0.879. The van der Waals surface area contributed by atoms with E-state index in [0.29, 0.717) is 0 Å². The molecule has 0 radical (unpaired) electrons. The summed E-state index contributed by atoms with van der Waals surface area (Å²) in [6.07, 6.45) is -22.7. The summed E-state index contributed by atoms with van der Waals surface area (Å²) in [5, 5.41) is 90.7. The maximum Gasteiger partial charge on any atom is 0.335 e. The van der Waals surface area contributed by atoms with Crippen molar-refractivity contribution in [2.75, 3.05) is 13.2 Å². The van der Waals surface area contributed by atoms with Crippen LogP contribution in [0.15, 0.2) is 0 Å². The Hall–Kier alpha value is -1.05. The lowest BCUT2D eigenvalue weighted by atomic mass is 9.79. The molecule has 0 aromatic carbocycles. The van der Waals surface area contributed by atoms with Crippen LogP contribution in [0.5, 0.6) is 0 Å². The number of carboxylic acid groups (broad SMARTS) is 1. The van der Waals surface area contributed by atoms with Crippen molar-refractivity contribution in [1.82, 2.24) is 0 Å². The van der Waals surface area contributed by atoms with Crippen LogP contribution in [0, 0.1) is 5.41 Å². The van der Waals surface area contributed by atoms with Gasteiger partial charge in [0.15, 0.2) is 18.7 Å². The van der Waals surface area contributed by atoms with E-state index in [1.807, 2.05) is 0 Å². The number of carboxylic acids is 1. The van der Waals surface area contributed by atoms with Crippen LogP contribution in [0.25, 0.3) is 0 Å². The number of aliphatic hydroxyl groups excluding tert-OH is 8. The molecule has 9 N–H and O–H groups in total. The Morgan fingerprint density at radius 2 is 1.39 bits per heavy atom. The van der Waals surface area contributed by atoms with Gasteiger partial charge in [-0.05, 0) is 5.41 Å². The molecule has 3 aliphatic rings. The predicted octanol–water partition coefficient (Wildman–Crippen LogP) is -4.75. The second-order valence-electron chi connectivity index (χ2n) is 10.3. The molecular formula is C21H36O15. The molecule has 0 spiro atoms. The van der Waals surface area contributed by atoms with Crippen molar-refractivity contribution < 1.29 is 74.4 Å². The van der Waals surface area contributed by atoms with Gasteiger partial charge < -0.3 is 69.6 Å². The molecule has 5 unspecified atom stereocenters. The first-order chi connectivity index (χ1) is 16.7. The minimum absolute atomic E-state index is 0.439. The molecule has 0 aromatic heterocycles. The first kappa shape index (κ1) is 29.5. The van der Waals surface area contributed by atoms with Crippen LogP contribution in [-0.4, -0.2) is 151 Å². The second-order valence-corrected chi connectivity index (χ2v) is 10.3. The Morgan fingerprint density at radius 1 is 0.806 bits per heavy atom. The molecule has 3 aliphatic heterocycles. The highest BCUT2D eigenvalue weighted by molar-refractivity contribution is 5.73. The summed E-state index contributed by atoms with van der Waals surface area (Å²) in [6, 6.07) is 0. The van der Waals surface area contributed by atoms with Crippen LogP contribution < -0.4 is 0 Å². The van der Waals surface area contributed by atoms with E-state index in [-0.39, 0.29) is 0 Å². The summed E-state index contributed by atoms with van der Waals surface area (Å²) < 4.78 is 27.9. The molecule has 0 saturated carbocycles. The van der Waals surface area contributed by atoms with Crippen LogP contribution >= 0.6 is 0 Å². The molecule has 3 heterocycles. The lowest BCUT2D eigenvalue weighted by molar-refractivity contribution is -0.367. The first-order valence-electron chi connectivity index (χ1n) is 11.5. The topological polar surface area (TPSA) is 245 Å². The van der Waals surface area contributed by atoms with E-state index in [2.05, 4.69) is 0 Å². The third kappa shape index (κ3) is 5.83. The molecule has 0 aliphatic carbocycles. The summed E-state index contributed by atoms with van der Waals surface area (Å²) in [7, 11) is 0. The van der Waals surface area contributed by atoms with Crippen molar-refractivity contribution in [3.8, 4) is 0 Å². The lowest BCUT2D eigenvalue weighted by Gasteiger charge is -2.51. The fourth-order valence-electron chi connectivity index (χ4n) is 4.45. The maximum atomic E-state index is 11.9. The third-order valence-electron chi connectivity index (χ3n) is 6.54. The average molecular weight is 529 g/mol. The van der Waals surface area contributed by atoms with E-state index in [0.717, 1.165) is 0 Å². The van der Waals surface area contributed by atoms with Gasteiger partial charge >= 0.3 is 5.97 Å². The van der Waals surface area contributed by atoms with E-state index in [9.17, 15) is 50.8 Å². The molecule has 0 amide bonds. The van der Waals surface area contributed by atoms with Gasteiger partial charge in [-0.15, -0.1) is 0 Å². The van der Waals surface area contributed by atoms with Crippen molar-refractivity contribution in [3.05, 3.63) is 0 Å². The highest BCUT2D eigenvalue weighted by Crippen LogP contribution is 2.39. The van der Waals surface area contributed by atoms with Crippen LogP contribution in [0.1, 0.15) is 20.8 Å². The third-order valence-corrected chi connectivity index (χ3v) is 6.54. The van der Waals surface area contributed by atoms with Crippen LogP contribution in [-0.2, 0) is 28.5 Å². The van der Waals surface area contributed by atoms with Gasteiger partial charge in [0, 0.05) is 0 Å². The highest BCUT2D eigenvalue weighted by atomic mass is 16.7. The summed E-state index contributed by atoms with van der Waals surface area (Å²) in [6.45, 7) is 3.83. The average Bonchev–Trinajstić information content (AvgIpc) is 2.80. The van der Waals surface area contributed by atoms with Crippen molar-refractivity contribution in [3.63, 3.8) is 0 Å². The van der Waals surface area contributed by atoms with Crippen molar-refractivity contribution in [2.45, 2.75) is 107 Å². The normalized spacial score (nSPS) is 48.5. The number of hydrogen-bond acceptors (Lipinski definition) is 14. The summed E-state index contributed by atoms with van der Waals surface area (Å²) >= 11 is 0. The lowest BCUT2D eigenvalue weighted by Crippen LogP contribution is -2.68. The Morgan fingerprint density at radius 3 is 1.94 bits per heavy atom. The number of carbonyl (C=O) groups is 1.